The fourth-order valence-corrected chi connectivity index (χ4v) is 3.56. The van der Waals surface area contributed by atoms with E-state index in [4.69, 9.17) is 4.74 Å². The number of aryl methyl sites for hydroxylation is 2. The van der Waals surface area contributed by atoms with Crippen LogP contribution in [0, 0.1) is 0 Å². The summed E-state index contributed by atoms with van der Waals surface area (Å²) in [4.78, 5) is 12.3. The van der Waals surface area contributed by atoms with Gasteiger partial charge in [-0.25, -0.2) is 5.43 Å². The Morgan fingerprint density at radius 1 is 1.00 bits per heavy atom. The van der Waals surface area contributed by atoms with Crippen molar-refractivity contribution >= 4 is 22.4 Å². The van der Waals surface area contributed by atoms with Crippen LogP contribution in [0.1, 0.15) is 34.0 Å². The van der Waals surface area contributed by atoms with E-state index >= 15 is 0 Å². The molecule has 0 aliphatic heterocycles. The van der Waals surface area contributed by atoms with Gasteiger partial charge in [-0.15, -0.1) is 0 Å². The molecule has 0 unspecified atom stereocenters. The Balaban J connectivity index is 1.60. The average molecular weight is 344 g/mol. The molecule has 0 fully saturated rings. The van der Waals surface area contributed by atoms with E-state index in [2.05, 4.69) is 40.9 Å². The summed E-state index contributed by atoms with van der Waals surface area (Å²) in [6, 6.07) is 17.7. The molecule has 0 saturated heterocycles. The molecule has 0 bridgehead atoms. The molecule has 1 N–H and O–H groups in total. The number of hydrogen-bond donors (Lipinski definition) is 1. The number of nitrogens with zero attached hydrogens (tertiary/aromatic N) is 1. The van der Waals surface area contributed by atoms with E-state index in [0.717, 1.165) is 24.1 Å². The van der Waals surface area contributed by atoms with Gasteiger partial charge in [-0.05, 0) is 65.9 Å². The predicted molar refractivity (Wildman–Crippen MR) is 104 cm³/mol. The lowest BCUT2D eigenvalue weighted by Gasteiger charge is -2.09. The van der Waals surface area contributed by atoms with E-state index in [1.54, 1.807) is 31.4 Å². The Bertz CT molecular complexity index is 1010. The third-order valence-electron chi connectivity index (χ3n) is 4.94. The maximum Gasteiger partial charge on any atom is 0.271 e. The van der Waals surface area contributed by atoms with Crippen LogP contribution in [0.3, 0.4) is 0 Å². The van der Waals surface area contributed by atoms with Crippen molar-refractivity contribution in [1.29, 1.82) is 0 Å². The molecule has 0 saturated carbocycles. The van der Waals surface area contributed by atoms with Crippen molar-refractivity contribution in [2.45, 2.75) is 19.8 Å². The summed E-state index contributed by atoms with van der Waals surface area (Å²) in [7, 11) is 1.60. The number of ether oxygens (including phenoxy) is 1. The second-order valence-corrected chi connectivity index (χ2v) is 6.48. The van der Waals surface area contributed by atoms with Gasteiger partial charge in [-0.3, -0.25) is 4.79 Å². The first kappa shape index (κ1) is 16.3. The minimum Gasteiger partial charge on any atom is -0.497 e. The van der Waals surface area contributed by atoms with Gasteiger partial charge in [-0.2, -0.15) is 5.10 Å². The Kier molecular flexibility index (Phi) is 4.17. The highest BCUT2D eigenvalue weighted by atomic mass is 16.5. The lowest BCUT2D eigenvalue weighted by molar-refractivity contribution is 0.0955. The zero-order chi connectivity index (χ0) is 18.1. The van der Waals surface area contributed by atoms with Crippen molar-refractivity contribution in [3.8, 4) is 5.75 Å². The number of nitrogens with one attached hydrogen (secondary N) is 1. The van der Waals surface area contributed by atoms with Gasteiger partial charge in [0, 0.05) is 11.1 Å². The lowest BCUT2D eigenvalue weighted by atomic mass is 9.98. The van der Waals surface area contributed by atoms with Crippen LogP contribution in [0.2, 0.25) is 0 Å². The van der Waals surface area contributed by atoms with Crippen molar-refractivity contribution < 1.29 is 9.53 Å². The van der Waals surface area contributed by atoms with Crippen LogP contribution >= 0.6 is 0 Å². The van der Waals surface area contributed by atoms with E-state index in [1.807, 2.05) is 6.92 Å². The molecule has 1 aliphatic carbocycles. The number of rotatable bonds is 4. The molecule has 0 spiro atoms. The van der Waals surface area contributed by atoms with Crippen molar-refractivity contribution in [3.63, 3.8) is 0 Å². The van der Waals surface area contributed by atoms with E-state index in [9.17, 15) is 4.79 Å². The van der Waals surface area contributed by atoms with Gasteiger partial charge in [-0.1, -0.05) is 30.3 Å². The minimum absolute atomic E-state index is 0.238. The Morgan fingerprint density at radius 2 is 1.73 bits per heavy atom. The number of amides is 1. The number of carbonyl (C=O) groups is 1. The van der Waals surface area contributed by atoms with Crippen molar-refractivity contribution in [2.75, 3.05) is 7.11 Å². The number of methoxy groups -OCH3 is 1. The summed E-state index contributed by atoms with van der Waals surface area (Å²) in [5.41, 5.74) is 7.84. The topological polar surface area (TPSA) is 50.7 Å². The maximum atomic E-state index is 12.3. The van der Waals surface area contributed by atoms with E-state index in [-0.39, 0.29) is 5.91 Å². The molecule has 4 heteroatoms. The first-order chi connectivity index (χ1) is 12.7. The molecule has 0 radical (unpaired) electrons. The van der Waals surface area contributed by atoms with Crippen molar-refractivity contribution in [1.82, 2.24) is 5.43 Å². The summed E-state index contributed by atoms with van der Waals surface area (Å²) < 4.78 is 5.11. The first-order valence-corrected chi connectivity index (χ1v) is 8.70. The van der Waals surface area contributed by atoms with Gasteiger partial charge in [0.2, 0.25) is 0 Å². The van der Waals surface area contributed by atoms with Crippen LogP contribution in [0.5, 0.6) is 5.75 Å². The summed E-state index contributed by atoms with van der Waals surface area (Å²) in [5, 5.41) is 6.88. The van der Waals surface area contributed by atoms with Crippen LogP contribution < -0.4 is 10.2 Å². The predicted octanol–water partition coefficient (Wildman–Crippen LogP) is 4.10. The smallest absolute Gasteiger partial charge is 0.271 e. The van der Waals surface area contributed by atoms with E-state index in [1.165, 1.54) is 21.9 Å². The molecule has 3 aromatic carbocycles. The number of carbonyl (C=O) groups excluding carboxylic acids is 1. The monoisotopic (exact) mass is 344 g/mol. The molecule has 3 aromatic rings. The summed E-state index contributed by atoms with van der Waals surface area (Å²) in [6.07, 6.45) is 2.20. The zero-order valence-electron chi connectivity index (χ0n) is 14.9. The van der Waals surface area contributed by atoms with Crippen LogP contribution in [0.15, 0.2) is 59.7 Å². The van der Waals surface area contributed by atoms with Gasteiger partial charge in [0.1, 0.15) is 5.75 Å². The summed E-state index contributed by atoms with van der Waals surface area (Å²) in [6.45, 7) is 1.92. The van der Waals surface area contributed by atoms with Gasteiger partial charge in [0.25, 0.3) is 5.91 Å². The standard InChI is InChI=1S/C22H20N2O2/c1-14(23-24-22(25)17-8-11-18(26-2)12-9-17)19-13-10-16-7-6-15-4-3-5-20(19)21(15)16/h3-5,8-13H,6-7H2,1-2H3,(H,24,25). The summed E-state index contributed by atoms with van der Waals surface area (Å²) >= 11 is 0. The molecule has 1 amide bonds. The molecule has 0 heterocycles. The third-order valence-corrected chi connectivity index (χ3v) is 4.94. The first-order valence-electron chi connectivity index (χ1n) is 8.70. The molecular weight excluding hydrogens is 324 g/mol. The van der Waals surface area contributed by atoms with E-state index in [0.29, 0.717) is 11.3 Å². The third kappa shape index (κ3) is 2.84. The highest BCUT2D eigenvalue weighted by molar-refractivity contribution is 6.11. The number of benzene rings is 3. The SMILES string of the molecule is COc1ccc(C(=O)NN=C(C)c2ccc3c4c(cccc24)CC3)cc1. The van der Waals surface area contributed by atoms with Gasteiger partial charge in [0.15, 0.2) is 0 Å². The van der Waals surface area contributed by atoms with E-state index < -0.39 is 0 Å². The van der Waals surface area contributed by atoms with Crippen LogP contribution in [0.25, 0.3) is 10.8 Å². The lowest BCUT2D eigenvalue weighted by Crippen LogP contribution is -2.19. The van der Waals surface area contributed by atoms with Crippen molar-refractivity contribution in [2.24, 2.45) is 5.10 Å². The van der Waals surface area contributed by atoms with Gasteiger partial charge < -0.3 is 4.74 Å². The molecule has 0 aromatic heterocycles. The largest absolute Gasteiger partial charge is 0.497 e. The van der Waals surface area contributed by atoms with Crippen LogP contribution in [-0.4, -0.2) is 18.7 Å². The highest BCUT2D eigenvalue weighted by Gasteiger charge is 2.16. The normalized spacial score (nSPS) is 13.1. The quantitative estimate of drug-likeness (QED) is 0.572. The summed E-state index contributed by atoms with van der Waals surface area (Å²) in [5.74, 6) is 0.479. The number of hydrogen-bond acceptors (Lipinski definition) is 3. The molecule has 4 nitrogen and oxygen atoms in total. The Morgan fingerprint density at radius 3 is 2.46 bits per heavy atom. The highest BCUT2D eigenvalue weighted by Crippen LogP contribution is 2.32. The molecule has 130 valence electrons. The Labute approximate surface area is 152 Å². The molecule has 26 heavy (non-hydrogen) atoms. The fourth-order valence-electron chi connectivity index (χ4n) is 3.56. The minimum atomic E-state index is -0.238. The number of hydrazone groups is 1. The second-order valence-electron chi connectivity index (χ2n) is 6.48. The molecular formula is C22H20N2O2. The average Bonchev–Trinajstić information content (AvgIpc) is 3.11. The zero-order valence-corrected chi connectivity index (χ0v) is 14.9. The van der Waals surface area contributed by atoms with Gasteiger partial charge >= 0.3 is 0 Å². The maximum absolute atomic E-state index is 12.3. The molecule has 1 aliphatic rings. The Hall–Kier alpha value is -3.14. The van der Waals surface area contributed by atoms with Crippen LogP contribution in [0.4, 0.5) is 0 Å². The molecule has 0 atom stereocenters. The van der Waals surface area contributed by atoms with Crippen molar-refractivity contribution in [3.05, 3.63) is 76.9 Å². The molecule has 4 rings (SSSR count). The van der Waals surface area contributed by atoms with Gasteiger partial charge in [0.05, 0.1) is 12.8 Å². The second kappa shape index (κ2) is 6.64. The van der Waals surface area contributed by atoms with Crippen LogP contribution in [-0.2, 0) is 12.8 Å². The fraction of sp³-hybridized carbons (Fsp3) is 0.182.